The minimum atomic E-state index is -0.128. The Kier molecular flexibility index (Phi) is 3.72. The predicted molar refractivity (Wildman–Crippen MR) is 72.2 cm³/mol. The maximum Gasteiger partial charge on any atom is 0.154 e. The molecule has 0 radical (unpaired) electrons. The van der Waals surface area contributed by atoms with E-state index < -0.39 is 0 Å². The summed E-state index contributed by atoms with van der Waals surface area (Å²) in [5.74, 6) is 0.949. The lowest BCUT2D eigenvalue weighted by Crippen LogP contribution is -1.97. The van der Waals surface area contributed by atoms with Crippen molar-refractivity contribution in [1.29, 1.82) is 0 Å². The van der Waals surface area contributed by atoms with E-state index in [-0.39, 0.29) is 6.61 Å². The Morgan fingerprint density at radius 1 is 1.22 bits per heavy atom. The van der Waals surface area contributed by atoms with Crippen LogP contribution in [0.1, 0.15) is 36.7 Å². The Morgan fingerprint density at radius 3 is 2.67 bits per heavy atom. The highest BCUT2D eigenvalue weighted by atomic mass is 16.3. The van der Waals surface area contributed by atoms with Crippen molar-refractivity contribution in [2.75, 3.05) is 0 Å². The van der Waals surface area contributed by atoms with Gasteiger partial charge in [0.2, 0.25) is 0 Å². The van der Waals surface area contributed by atoms with Gasteiger partial charge in [-0.15, -0.1) is 0 Å². The van der Waals surface area contributed by atoms with Crippen LogP contribution in [0.3, 0.4) is 0 Å². The standard InChI is InChI=1S/C15H18N2O/c1-10(2)12-5-4-11(3)13(8-12)14-6-7-16-15(9-18)17-14/h4-8,10,18H,9H2,1-3H3. The van der Waals surface area contributed by atoms with Crippen molar-refractivity contribution >= 4 is 0 Å². The summed E-state index contributed by atoms with van der Waals surface area (Å²) >= 11 is 0. The van der Waals surface area contributed by atoms with Gasteiger partial charge < -0.3 is 5.11 Å². The molecule has 0 saturated heterocycles. The van der Waals surface area contributed by atoms with Gasteiger partial charge in [-0.1, -0.05) is 26.0 Å². The van der Waals surface area contributed by atoms with E-state index in [1.807, 2.05) is 6.07 Å². The molecular weight excluding hydrogens is 224 g/mol. The normalized spacial score (nSPS) is 10.9. The molecule has 0 atom stereocenters. The molecule has 0 saturated carbocycles. The maximum absolute atomic E-state index is 9.10. The lowest BCUT2D eigenvalue weighted by molar-refractivity contribution is 0.271. The van der Waals surface area contributed by atoms with E-state index in [1.54, 1.807) is 6.20 Å². The molecule has 1 aromatic carbocycles. The number of benzene rings is 1. The zero-order valence-electron chi connectivity index (χ0n) is 11.0. The number of nitrogens with zero attached hydrogens (tertiary/aromatic N) is 2. The highest BCUT2D eigenvalue weighted by Crippen LogP contribution is 2.26. The summed E-state index contributed by atoms with van der Waals surface area (Å²) < 4.78 is 0. The van der Waals surface area contributed by atoms with Gasteiger partial charge in [0, 0.05) is 11.8 Å². The van der Waals surface area contributed by atoms with E-state index in [2.05, 4.69) is 48.9 Å². The van der Waals surface area contributed by atoms with Crippen molar-refractivity contribution in [2.45, 2.75) is 33.3 Å². The number of aryl methyl sites for hydroxylation is 1. The molecule has 0 bridgehead atoms. The Labute approximate surface area is 108 Å². The van der Waals surface area contributed by atoms with Gasteiger partial charge in [-0.25, -0.2) is 9.97 Å². The second kappa shape index (κ2) is 5.27. The number of hydrogen-bond donors (Lipinski definition) is 1. The molecule has 0 amide bonds. The Bertz CT molecular complexity index is 550. The van der Waals surface area contributed by atoms with Crippen LogP contribution in [0, 0.1) is 6.92 Å². The molecule has 1 aromatic heterocycles. The second-order valence-corrected chi connectivity index (χ2v) is 4.75. The molecule has 0 spiro atoms. The van der Waals surface area contributed by atoms with Crippen LogP contribution in [0.4, 0.5) is 0 Å². The monoisotopic (exact) mass is 242 g/mol. The fourth-order valence-corrected chi connectivity index (χ4v) is 1.90. The minimum absolute atomic E-state index is 0.128. The smallest absolute Gasteiger partial charge is 0.154 e. The number of aromatic nitrogens is 2. The molecule has 1 N–H and O–H groups in total. The lowest BCUT2D eigenvalue weighted by atomic mass is 9.96. The van der Waals surface area contributed by atoms with Gasteiger partial charge in [-0.05, 0) is 36.1 Å². The third-order valence-electron chi connectivity index (χ3n) is 3.05. The van der Waals surface area contributed by atoms with Crippen molar-refractivity contribution in [1.82, 2.24) is 9.97 Å². The minimum Gasteiger partial charge on any atom is -0.388 e. The zero-order valence-corrected chi connectivity index (χ0v) is 11.0. The molecule has 94 valence electrons. The fourth-order valence-electron chi connectivity index (χ4n) is 1.90. The summed E-state index contributed by atoms with van der Waals surface area (Å²) in [5.41, 5.74) is 4.45. The van der Waals surface area contributed by atoms with Gasteiger partial charge in [0.15, 0.2) is 5.82 Å². The Hall–Kier alpha value is -1.74. The Morgan fingerprint density at radius 2 is 2.00 bits per heavy atom. The van der Waals surface area contributed by atoms with Gasteiger partial charge >= 0.3 is 0 Å². The summed E-state index contributed by atoms with van der Waals surface area (Å²) in [5, 5.41) is 9.10. The van der Waals surface area contributed by atoms with Crippen LogP contribution in [-0.2, 0) is 6.61 Å². The molecule has 0 aliphatic heterocycles. The highest BCUT2D eigenvalue weighted by Gasteiger charge is 2.08. The van der Waals surface area contributed by atoms with E-state index in [9.17, 15) is 0 Å². The molecule has 0 aliphatic rings. The largest absolute Gasteiger partial charge is 0.388 e. The van der Waals surface area contributed by atoms with Gasteiger partial charge in [0.05, 0.1) is 5.69 Å². The van der Waals surface area contributed by atoms with E-state index in [0.29, 0.717) is 11.7 Å². The second-order valence-electron chi connectivity index (χ2n) is 4.75. The highest BCUT2D eigenvalue weighted by molar-refractivity contribution is 5.64. The average molecular weight is 242 g/mol. The first kappa shape index (κ1) is 12.7. The maximum atomic E-state index is 9.10. The lowest BCUT2D eigenvalue weighted by Gasteiger charge is -2.11. The summed E-state index contributed by atoms with van der Waals surface area (Å²) in [6, 6.07) is 8.32. The number of aliphatic hydroxyl groups is 1. The Balaban J connectivity index is 2.51. The topological polar surface area (TPSA) is 46.0 Å². The molecule has 0 fully saturated rings. The first-order valence-corrected chi connectivity index (χ1v) is 6.15. The van der Waals surface area contributed by atoms with Crippen molar-refractivity contribution in [2.24, 2.45) is 0 Å². The third-order valence-corrected chi connectivity index (χ3v) is 3.05. The fraction of sp³-hybridized carbons (Fsp3) is 0.333. The molecule has 3 heteroatoms. The summed E-state index contributed by atoms with van der Waals surface area (Å²) in [4.78, 5) is 8.37. The summed E-state index contributed by atoms with van der Waals surface area (Å²) in [7, 11) is 0. The molecule has 1 heterocycles. The SMILES string of the molecule is Cc1ccc(C(C)C)cc1-c1ccnc(CO)n1. The summed E-state index contributed by atoms with van der Waals surface area (Å²) in [6.45, 7) is 6.29. The molecular formula is C15H18N2O. The quantitative estimate of drug-likeness (QED) is 0.899. The van der Waals surface area contributed by atoms with Gasteiger partial charge in [0.25, 0.3) is 0 Å². The van der Waals surface area contributed by atoms with Gasteiger partial charge in [-0.3, -0.25) is 0 Å². The van der Waals surface area contributed by atoms with Crippen LogP contribution in [0.15, 0.2) is 30.5 Å². The van der Waals surface area contributed by atoms with Crippen molar-refractivity contribution in [3.63, 3.8) is 0 Å². The number of aliphatic hydroxyl groups excluding tert-OH is 1. The van der Waals surface area contributed by atoms with Crippen LogP contribution in [0.25, 0.3) is 11.3 Å². The van der Waals surface area contributed by atoms with Crippen molar-refractivity contribution in [3.05, 3.63) is 47.4 Å². The number of rotatable bonds is 3. The van der Waals surface area contributed by atoms with E-state index >= 15 is 0 Å². The first-order chi connectivity index (χ1) is 8.61. The number of hydrogen-bond acceptors (Lipinski definition) is 3. The summed E-state index contributed by atoms with van der Waals surface area (Å²) in [6.07, 6.45) is 1.69. The molecule has 3 nitrogen and oxygen atoms in total. The van der Waals surface area contributed by atoms with E-state index in [4.69, 9.17) is 5.11 Å². The van der Waals surface area contributed by atoms with Crippen molar-refractivity contribution < 1.29 is 5.11 Å². The van der Waals surface area contributed by atoms with E-state index in [1.165, 1.54) is 11.1 Å². The third kappa shape index (κ3) is 2.57. The average Bonchev–Trinajstić information content (AvgIpc) is 2.39. The van der Waals surface area contributed by atoms with Gasteiger partial charge in [-0.2, -0.15) is 0 Å². The zero-order chi connectivity index (χ0) is 13.1. The molecule has 0 aliphatic carbocycles. The molecule has 2 rings (SSSR count). The molecule has 18 heavy (non-hydrogen) atoms. The first-order valence-electron chi connectivity index (χ1n) is 6.15. The predicted octanol–water partition coefficient (Wildman–Crippen LogP) is 3.07. The van der Waals surface area contributed by atoms with E-state index in [0.717, 1.165) is 11.3 Å². The molecule has 0 unspecified atom stereocenters. The van der Waals surface area contributed by atoms with Gasteiger partial charge in [0.1, 0.15) is 6.61 Å². The van der Waals surface area contributed by atoms with Crippen LogP contribution in [0.5, 0.6) is 0 Å². The van der Waals surface area contributed by atoms with Crippen LogP contribution in [-0.4, -0.2) is 15.1 Å². The molecule has 2 aromatic rings. The van der Waals surface area contributed by atoms with Crippen molar-refractivity contribution in [3.8, 4) is 11.3 Å². The van der Waals surface area contributed by atoms with Crippen LogP contribution in [0.2, 0.25) is 0 Å². The van der Waals surface area contributed by atoms with Crippen LogP contribution < -0.4 is 0 Å². The van der Waals surface area contributed by atoms with Crippen LogP contribution >= 0.6 is 0 Å².